The maximum absolute atomic E-state index is 12.5. The van der Waals surface area contributed by atoms with Crippen molar-refractivity contribution in [2.45, 2.75) is 38.6 Å². The van der Waals surface area contributed by atoms with Gasteiger partial charge in [-0.2, -0.15) is 0 Å². The molecular formula is C14H19NO3S. The van der Waals surface area contributed by atoms with Crippen molar-refractivity contribution in [1.29, 1.82) is 0 Å². The van der Waals surface area contributed by atoms with Crippen molar-refractivity contribution in [3.8, 4) is 0 Å². The highest BCUT2D eigenvalue weighted by atomic mass is 32.1. The summed E-state index contributed by atoms with van der Waals surface area (Å²) in [6.45, 7) is 2.94. The molecule has 4 nitrogen and oxygen atoms in total. The highest BCUT2D eigenvalue weighted by Crippen LogP contribution is 2.25. The first-order valence-electron chi connectivity index (χ1n) is 6.66. The van der Waals surface area contributed by atoms with E-state index in [9.17, 15) is 9.59 Å². The van der Waals surface area contributed by atoms with Gasteiger partial charge >= 0.3 is 5.97 Å². The number of nitrogens with zero attached hydrogens (tertiary/aromatic N) is 1. The van der Waals surface area contributed by atoms with E-state index in [1.54, 1.807) is 12.1 Å². The van der Waals surface area contributed by atoms with Crippen LogP contribution in [-0.2, 0) is 4.74 Å². The number of likely N-dealkylation sites (tertiary alicyclic amines) is 1. The van der Waals surface area contributed by atoms with Crippen molar-refractivity contribution in [3.63, 3.8) is 0 Å². The molecule has 2 rings (SSSR count). The van der Waals surface area contributed by atoms with Crippen LogP contribution in [0.15, 0.2) is 12.1 Å². The summed E-state index contributed by atoms with van der Waals surface area (Å²) < 4.78 is 4.66. The Morgan fingerprint density at radius 3 is 2.79 bits per heavy atom. The van der Waals surface area contributed by atoms with Gasteiger partial charge in [-0.1, -0.05) is 6.92 Å². The summed E-state index contributed by atoms with van der Waals surface area (Å²) >= 11 is 1.21. The molecular weight excluding hydrogens is 262 g/mol. The Morgan fingerprint density at radius 1 is 1.37 bits per heavy atom. The molecule has 0 unspecified atom stereocenters. The fraction of sp³-hybridized carbons (Fsp3) is 0.571. The van der Waals surface area contributed by atoms with Gasteiger partial charge in [0.25, 0.3) is 5.91 Å². The molecule has 19 heavy (non-hydrogen) atoms. The van der Waals surface area contributed by atoms with Crippen LogP contribution in [0.1, 0.15) is 52.0 Å². The number of hydrogen-bond acceptors (Lipinski definition) is 4. The number of esters is 1. The van der Waals surface area contributed by atoms with Gasteiger partial charge in [-0.25, -0.2) is 4.79 Å². The summed E-state index contributed by atoms with van der Waals surface area (Å²) in [6.07, 6.45) is 4.33. The third-order valence-corrected chi connectivity index (χ3v) is 4.62. The zero-order valence-corrected chi connectivity index (χ0v) is 12.2. The molecule has 1 aliphatic rings. The first-order chi connectivity index (χ1) is 9.17. The molecule has 0 spiro atoms. The first kappa shape index (κ1) is 14.1. The van der Waals surface area contributed by atoms with Crippen molar-refractivity contribution >= 4 is 23.2 Å². The topological polar surface area (TPSA) is 46.6 Å². The van der Waals surface area contributed by atoms with Gasteiger partial charge in [0.15, 0.2) is 0 Å². The van der Waals surface area contributed by atoms with Crippen LogP contribution < -0.4 is 0 Å². The summed E-state index contributed by atoms with van der Waals surface area (Å²) in [5, 5.41) is 0. The summed E-state index contributed by atoms with van der Waals surface area (Å²) in [5.74, 6) is -0.332. The lowest BCUT2D eigenvalue weighted by atomic mass is 10.00. The zero-order valence-electron chi connectivity index (χ0n) is 11.3. The lowest BCUT2D eigenvalue weighted by Crippen LogP contribution is -2.43. The molecule has 5 heteroatoms. The summed E-state index contributed by atoms with van der Waals surface area (Å²) in [6, 6.07) is 3.72. The number of carbonyl (C=O) groups is 2. The minimum absolute atomic E-state index is 0.0479. The number of hydrogen-bond donors (Lipinski definition) is 0. The number of amides is 1. The number of carbonyl (C=O) groups excluding carboxylic acids is 2. The normalized spacial score (nSPS) is 19.3. The molecule has 0 aromatic carbocycles. The molecule has 1 fully saturated rings. The molecule has 1 aromatic rings. The molecule has 0 aliphatic carbocycles. The predicted molar refractivity (Wildman–Crippen MR) is 74.6 cm³/mol. The zero-order chi connectivity index (χ0) is 13.8. The second-order valence-electron chi connectivity index (χ2n) is 4.71. The Bertz CT molecular complexity index is 469. The lowest BCUT2D eigenvalue weighted by molar-refractivity contribution is 0.0602. The van der Waals surface area contributed by atoms with Gasteiger partial charge in [0.2, 0.25) is 0 Å². The monoisotopic (exact) mass is 281 g/mol. The quantitative estimate of drug-likeness (QED) is 0.800. The smallest absolute Gasteiger partial charge is 0.348 e. The van der Waals surface area contributed by atoms with Gasteiger partial charge < -0.3 is 9.64 Å². The largest absolute Gasteiger partial charge is 0.465 e. The molecule has 1 amide bonds. The van der Waals surface area contributed by atoms with E-state index in [4.69, 9.17) is 0 Å². The Labute approximate surface area is 117 Å². The number of piperidine rings is 1. The Kier molecular flexibility index (Phi) is 4.58. The lowest BCUT2D eigenvalue weighted by Gasteiger charge is -2.35. The molecule has 1 aromatic heterocycles. The second kappa shape index (κ2) is 6.19. The standard InChI is InChI=1S/C14H19NO3S/c1-3-10-6-4-5-9-15(10)13(16)11-7-8-12(19-11)14(17)18-2/h7-8,10H,3-6,9H2,1-2H3/t10-/m1/s1. The SMILES string of the molecule is CC[C@@H]1CCCCN1C(=O)c1ccc(C(=O)OC)s1. The average Bonchev–Trinajstić information content (AvgIpc) is 2.95. The first-order valence-corrected chi connectivity index (χ1v) is 7.48. The van der Waals surface area contributed by atoms with E-state index >= 15 is 0 Å². The van der Waals surface area contributed by atoms with Crippen LogP contribution in [0.2, 0.25) is 0 Å². The predicted octanol–water partition coefficient (Wildman–Crippen LogP) is 2.94. The third-order valence-electron chi connectivity index (χ3n) is 3.56. The van der Waals surface area contributed by atoms with E-state index in [2.05, 4.69) is 11.7 Å². The number of thiophene rings is 1. The minimum Gasteiger partial charge on any atom is -0.465 e. The molecule has 0 bridgehead atoms. The highest BCUT2D eigenvalue weighted by molar-refractivity contribution is 7.15. The maximum atomic E-state index is 12.5. The van der Waals surface area contributed by atoms with Crippen molar-refractivity contribution in [2.24, 2.45) is 0 Å². The molecule has 0 N–H and O–H groups in total. The fourth-order valence-electron chi connectivity index (χ4n) is 2.50. The van der Waals surface area contributed by atoms with Crippen molar-refractivity contribution in [1.82, 2.24) is 4.90 Å². The van der Waals surface area contributed by atoms with Crippen LogP contribution >= 0.6 is 11.3 Å². The van der Waals surface area contributed by atoms with Crippen LogP contribution in [0.5, 0.6) is 0 Å². The Balaban J connectivity index is 2.14. The van der Waals surface area contributed by atoms with Crippen LogP contribution in [0.3, 0.4) is 0 Å². The number of rotatable bonds is 3. The molecule has 0 radical (unpaired) electrons. The van der Waals surface area contributed by atoms with Gasteiger partial charge in [0.1, 0.15) is 4.88 Å². The fourth-order valence-corrected chi connectivity index (χ4v) is 3.38. The average molecular weight is 281 g/mol. The van der Waals surface area contributed by atoms with E-state index in [1.165, 1.54) is 24.9 Å². The summed E-state index contributed by atoms with van der Waals surface area (Å²) in [4.78, 5) is 26.9. The third kappa shape index (κ3) is 2.97. The van der Waals surface area contributed by atoms with E-state index in [0.717, 1.165) is 25.8 Å². The van der Waals surface area contributed by atoms with Gasteiger partial charge in [-0.05, 0) is 37.8 Å². The summed E-state index contributed by atoms with van der Waals surface area (Å²) in [5.41, 5.74) is 0. The van der Waals surface area contributed by atoms with Gasteiger partial charge in [-0.3, -0.25) is 4.79 Å². The van der Waals surface area contributed by atoms with Gasteiger partial charge in [-0.15, -0.1) is 11.3 Å². The van der Waals surface area contributed by atoms with E-state index in [1.807, 2.05) is 4.90 Å². The van der Waals surface area contributed by atoms with E-state index < -0.39 is 0 Å². The van der Waals surface area contributed by atoms with Crippen LogP contribution in [0.4, 0.5) is 0 Å². The van der Waals surface area contributed by atoms with E-state index in [-0.39, 0.29) is 11.9 Å². The molecule has 2 heterocycles. The number of ether oxygens (including phenoxy) is 1. The maximum Gasteiger partial charge on any atom is 0.348 e. The van der Waals surface area contributed by atoms with Crippen molar-refractivity contribution < 1.29 is 14.3 Å². The van der Waals surface area contributed by atoms with E-state index in [0.29, 0.717) is 15.8 Å². The highest BCUT2D eigenvalue weighted by Gasteiger charge is 2.27. The minimum atomic E-state index is -0.380. The molecule has 1 aliphatic heterocycles. The Hall–Kier alpha value is -1.36. The molecule has 1 saturated heterocycles. The Morgan fingerprint density at radius 2 is 2.11 bits per heavy atom. The van der Waals surface area contributed by atoms with Gasteiger partial charge in [0, 0.05) is 12.6 Å². The number of methoxy groups -OCH3 is 1. The van der Waals surface area contributed by atoms with Crippen molar-refractivity contribution in [2.75, 3.05) is 13.7 Å². The molecule has 0 saturated carbocycles. The second-order valence-corrected chi connectivity index (χ2v) is 5.80. The summed E-state index contributed by atoms with van der Waals surface area (Å²) in [7, 11) is 1.35. The van der Waals surface area contributed by atoms with Crippen LogP contribution in [0, 0.1) is 0 Å². The molecule has 104 valence electrons. The molecule has 1 atom stereocenters. The van der Waals surface area contributed by atoms with Crippen LogP contribution in [0.25, 0.3) is 0 Å². The van der Waals surface area contributed by atoms with Crippen molar-refractivity contribution in [3.05, 3.63) is 21.9 Å². The van der Waals surface area contributed by atoms with Gasteiger partial charge in [0.05, 0.1) is 12.0 Å². The van der Waals surface area contributed by atoms with Crippen LogP contribution in [-0.4, -0.2) is 36.5 Å².